The predicted octanol–water partition coefficient (Wildman–Crippen LogP) is 3.96. The van der Waals surface area contributed by atoms with Crippen molar-refractivity contribution in [3.05, 3.63) is 25.0 Å². The van der Waals surface area contributed by atoms with Crippen LogP contribution in [-0.4, -0.2) is 107 Å². The zero-order chi connectivity index (χ0) is 38.6. The third-order valence-corrected chi connectivity index (χ3v) is 4.79. The molecule has 8 N–H and O–H groups in total. The molecule has 0 amide bonds. The predicted molar refractivity (Wildman–Crippen MR) is 185 cm³/mol. The van der Waals surface area contributed by atoms with E-state index in [1.54, 1.807) is 0 Å². The van der Waals surface area contributed by atoms with E-state index in [0.29, 0.717) is 12.2 Å². The summed E-state index contributed by atoms with van der Waals surface area (Å²) in [5.41, 5.74) is 0. The molecule has 0 rings (SSSR count). The Balaban J connectivity index is -0.0000000422. The van der Waals surface area contributed by atoms with Crippen LogP contribution in [0.2, 0.25) is 0 Å². The fourth-order valence-corrected chi connectivity index (χ4v) is 2.70. The molecule has 0 spiro atoms. The second-order valence-corrected chi connectivity index (χ2v) is 9.19. The number of aliphatic carboxylic acids is 7. The van der Waals surface area contributed by atoms with E-state index in [1.807, 2.05) is 0 Å². The summed E-state index contributed by atoms with van der Waals surface area (Å²) in [6, 6.07) is 0. The zero-order valence-electron chi connectivity index (χ0n) is 27.9. The molecule has 0 aliphatic carbocycles. The van der Waals surface area contributed by atoms with Crippen LogP contribution in [0.15, 0.2) is 25.0 Å². The third-order valence-electron chi connectivity index (χ3n) is 4.79. The zero-order valence-corrected chi connectivity index (χ0v) is 31.3. The van der Waals surface area contributed by atoms with E-state index < -0.39 is 83.6 Å². The molecule has 0 fully saturated rings. The first-order valence-electron chi connectivity index (χ1n) is 13.1. The number of hydrogen-bond acceptors (Lipinski definition) is 12. The van der Waals surface area contributed by atoms with Crippen LogP contribution in [0.3, 0.4) is 0 Å². The van der Waals surface area contributed by atoms with Gasteiger partial charge in [-0.1, -0.05) is 50.1 Å². The SMILES string of the molecule is C.C.C.C.C=COC(C)=O.CC(=O)O.CC(=O)OC(C)CC(C(=O)O)C(C)C(=O)O.CC(O)CC(C(=O)O)C(C)C(=O)O.O=C(O)C=CC(=O)O.[Fe].[Fe].[Fe]. The number of aliphatic hydroxyl groups is 1. The molecule has 0 aromatic heterocycles. The summed E-state index contributed by atoms with van der Waals surface area (Å²) in [7, 11) is 0. The number of carbonyl (C=O) groups excluding carboxylic acids is 2. The summed E-state index contributed by atoms with van der Waals surface area (Å²) in [6.07, 6.45) is 0.751. The molecule has 0 aromatic rings. The van der Waals surface area contributed by atoms with Crippen molar-refractivity contribution in [2.45, 2.75) is 103 Å². The van der Waals surface area contributed by atoms with Gasteiger partial charge < -0.3 is 50.3 Å². The summed E-state index contributed by atoms with van der Waals surface area (Å²) < 4.78 is 8.93. The van der Waals surface area contributed by atoms with Crippen LogP contribution >= 0.6 is 0 Å². The van der Waals surface area contributed by atoms with Crippen molar-refractivity contribution in [3.8, 4) is 0 Å². The molecule has 0 aromatic carbocycles. The van der Waals surface area contributed by atoms with Gasteiger partial charge in [0, 0.05) is 84.1 Å². The summed E-state index contributed by atoms with van der Waals surface area (Å²) >= 11 is 0. The molecule has 0 aliphatic heterocycles. The Kier molecular flexibility index (Phi) is 75.9. The van der Waals surface area contributed by atoms with E-state index in [-0.39, 0.29) is 99.7 Å². The molecule has 54 heavy (non-hydrogen) atoms. The van der Waals surface area contributed by atoms with Gasteiger partial charge in [0.25, 0.3) is 5.97 Å². The molecule has 0 radical (unpaired) electrons. The van der Waals surface area contributed by atoms with E-state index in [9.17, 15) is 38.4 Å². The van der Waals surface area contributed by atoms with E-state index in [4.69, 9.17) is 50.4 Å². The van der Waals surface area contributed by atoms with Crippen molar-refractivity contribution in [3.63, 3.8) is 0 Å². The van der Waals surface area contributed by atoms with Crippen LogP contribution in [0.5, 0.6) is 0 Å². The topological polar surface area (TPSA) is 334 Å². The molecular formula is C32H60Fe3O19. The van der Waals surface area contributed by atoms with Crippen molar-refractivity contribution < 1.29 is 145 Å². The first-order chi connectivity index (χ1) is 21.2. The van der Waals surface area contributed by atoms with Gasteiger partial charge in [-0.05, 0) is 26.7 Å². The van der Waals surface area contributed by atoms with Gasteiger partial charge >= 0.3 is 47.8 Å². The Labute approximate surface area is 349 Å². The first-order valence-corrected chi connectivity index (χ1v) is 13.1. The monoisotopic (exact) mass is 916 g/mol. The number of ether oxygens (including phenoxy) is 2. The molecule has 0 heterocycles. The average molecular weight is 916 g/mol. The Hall–Kier alpha value is -3.77. The van der Waals surface area contributed by atoms with E-state index in [2.05, 4.69) is 11.3 Å². The van der Waals surface area contributed by atoms with Crippen LogP contribution in [-0.2, 0) is 104 Å². The Morgan fingerprint density at radius 3 is 0.981 bits per heavy atom. The van der Waals surface area contributed by atoms with Crippen LogP contribution in [0.1, 0.15) is 91.0 Å². The molecule has 0 saturated heterocycles. The van der Waals surface area contributed by atoms with Crippen molar-refractivity contribution >= 4 is 53.7 Å². The quantitative estimate of drug-likeness (QED) is 0.0529. The molecule has 19 nitrogen and oxygen atoms in total. The van der Waals surface area contributed by atoms with Gasteiger partial charge in [-0.3, -0.25) is 33.6 Å². The number of hydrogen-bond donors (Lipinski definition) is 8. The maximum atomic E-state index is 10.9. The molecule has 0 saturated carbocycles. The maximum absolute atomic E-state index is 10.9. The minimum absolute atomic E-state index is 0. The summed E-state index contributed by atoms with van der Waals surface area (Å²) in [5.74, 6) is -13.0. The second kappa shape index (κ2) is 49.2. The van der Waals surface area contributed by atoms with Crippen LogP contribution in [0.4, 0.5) is 0 Å². The van der Waals surface area contributed by atoms with Crippen molar-refractivity contribution in [1.29, 1.82) is 0 Å². The van der Waals surface area contributed by atoms with Gasteiger partial charge in [0.1, 0.15) is 0 Å². The van der Waals surface area contributed by atoms with E-state index >= 15 is 0 Å². The number of aliphatic hydroxyl groups excluding tert-OH is 1. The van der Waals surface area contributed by atoms with E-state index in [1.165, 1.54) is 41.5 Å². The Bertz CT molecular complexity index is 1080. The van der Waals surface area contributed by atoms with Gasteiger partial charge in [-0.2, -0.15) is 0 Å². The number of rotatable bonds is 14. The number of carboxylic acids is 7. The van der Waals surface area contributed by atoms with Gasteiger partial charge in [0.15, 0.2) is 0 Å². The van der Waals surface area contributed by atoms with Crippen LogP contribution in [0.25, 0.3) is 0 Å². The maximum Gasteiger partial charge on any atom is 0.328 e. The number of esters is 2. The minimum Gasteiger partial charge on any atom is -0.481 e. The standard InChI is InChI=1S/C10H16O6.C8H14O5.C4H4O4.C4H6O2.C2H4O2.4CH4.3Fe/c1-5(16-7(3)11)4-8(10(14)15)6(2)9(12)13;1-4(9)3-6(8(12)13)5(2)7(10)11;5-3(6)1-2-4(7)8;1-3-6-4(2)5;1-2(3)4;;;;;;;/h5-6,8H,4H2,1-3H3,(H,12,13)(H,14,15);4-6,9H,3H2,1-2H3,(H,10,11)(H,12,13);1-2H,(H,5,6)(H,7,8);3H,1H2,2H3;1H3,(H,3,4);4*1H4;;;. The average Bonchev–Trinajstić information content (AvgIpc) is 2.88. The van der Waals surface area contributed by atoms with Crippen LogP contribution < -0.4 is 0 Å². The fraction of sp³-hybridized carbons (Fsp3) is 0.594. The normalized spacial score (nSPS) is 11.6. The van der Waals surface area contributed by atoms with E-state index in [0.717, 1.165) is 13.2 Å². The molecular weight excluding hydrogens is 856 g/mol. The summed E-state index contributed by atoms with van der Waals surface area (Å²) in [5, 5.41) is 66.8. The van der Waals surface area contributed by atoms with Gasteiger partial charge in [-0.15, -0.1) is 0 Å². The molecule has 326 valence electrons. The molecule has 0 bridgehead atoms. The third kappa shape index (κ3) is 66.5. The molecule has 0 aliphatic rings. The molecule has 6 unspecified atom stereocenters. The van der Waals surface area contributed by atoms with Crippen molar-refractivity contribution in [2.75, 3.05) is 0 Å². The smallest absolute Gasteiger partial charge is 0.328 e. The van der Waals surface area contributed by atoms with Crippen molar-refractivity contribution in [2.24, 2.45) is 23.7 Å². The van der Waals surface area contributed by atoms with Crippen LogP contribution in [0, 0.1) is 23.7 Å². The van der Waals surface area contributed by atoms with Gasteiger partial charge in [0.05, 0.1) is 42.1 Å². The number of carbonyl (C=O) groups is 9. The van der Waals surface area contributed by atoms with Gasteiger partial charge in [-0.25, -0.2) is 9.59 Å². The Morgan fingerprint density at radius 1 is 0.556 bits per heavy atom. The molecule has 6 atom stereocenters. The minimum atomic E-state index is -1.26. The summed E-state index contributed by atoms with van der Waals surface area (Å²) in [4.78, 5) is 91.1. The fourth-order valence-electron chi connectivity index (χ4n) is 2.70. The van der Waals surface area contributed by atoms with Gasteiger partial charge in [0.2, 0.25) is 0 Å². The van der Waals surface area contributed by atoms with Crippen molar-refractivity contribution in [1.82, 2.24) is 0 Å². The first kappa shape index (κ1) is 83.3. The Morgan fingerprint density at radius 2 is 0.833 bits per heavy atom. The second-order valence-electron chi connectivity index (χ2n) is 9.19. The molecule has 22 heteroatoms. The largest absolute Gasteiger partial charge is 0.481 e. The summed E-state index contributed by atoms with van der Waals surface area (Å²) in [6.45, 7) is 12.4. The number of carboxylic acid groups (broad SMARTS) is 7.